The van der Waals surface area contributed by atoms with Gasteiger partial charge < -0.3 is 0 Å². The van der Waals surface area contributed by atoms with Gasteiger partial charge in [0, 0.05) is 6.04 Å². The maximum atomic E-state index is 5.53. The van der Waals surface area contributed by atoms with Gasteiger partial charge in [0.2, 0.25) is 0 Å². The summed E-state index contributed by atoms with van der Waals surface area (Å²) in [6.07, 6.45) is 3.76. The van der Waals surface area contributed by atoms with E-state index < -0.39 is 6.00 Å². The molecule has 0 fully saturated rings. The van der Waals surface area contributed by atoms with E-state index in [2.05, 4.69) is 0 Å². The van der Waals surface area contributed by atoms with Gasteiger partial charge in [-0.3, -0.25) is 0 Å². The van der Waals surface area contributed by atoms with Crippen LogP contribution in [0, 0.1) is 0 Å². The second kappa shape index (κ2) is 3.78. The maximum absolute atomic E-state index is 5.53. The standard InChI is InChI=1S/C4H7Cl3Si/c1-2-3-4-8(5,6)7/h2-3H,4H2,1H3/b3-2-. The van der Waals surface area contributed by atoms with Crippen LogP contribution in [-0.4, -0.2) is 6.00 Å². The molecule has 48 valence electrons. The van der Waals surface area contributed by atoms with Crippen molar-refractivity contribution in [3.05, 3.63) is 12.2 Å². The summed E-state index contributed by atoms with van der Waals surface area (Å²) in [5, 5.41) is 0. The van der Waals surface area contributed by atoms with E-state index >= 15 is 0 Å². The van der Waals surface area contributed by atoms with Crippen LogP contribution in [0.25, 0.3) is 0 Å². The summed E-state index contributed by atoms with van der Waals surface area (Å²) in [6, 6.07) is -1.73. The molecule has 0 heterocycles. The SMILES string of the molecule is C/C=C\C[Si](Cl)(Cl)Cl. The number of rotatable bonds is 2. The highest BCUT2D eigenvalue weighted by atomic mass is 35.8. The molecule has 0 aromatic rings. The third kappa shape index (κ3) is 6.83. The van der Waals surface area contributed by atoms with Gasteiger partial charge in [-0.15, -0.1) is 33.2 Å². The Hall–Kier alpha value is 0.827. The van der Waals surface area contributed by atoms with Crippen molar-refractivity contribution in [1.29, 1.82) is 0 Å². The maximum Gasteiger partial charge on any atom is 0.344 e. The minimum Gasteiger partial charge on any atom is -0.126 e. The molecule has 0 amide bonds. The van der Waals surface area contributed by atoms with Gasteiger partial charge in [0.1, 0.15) is 0 Å². The first-order chi connectivity index (χ1) is 3.56. The van der Waals surface area contributed by atoms with Crippen molar-refractivity contribution >= 4 is 39.2 Å². The normalized spacial score (nSPS) is 13.0. The average molecular weight is 190 g/mol. The Morgan fingerprint density at radius 2 is 1.88 bits per heavy atom. The predicted octanol–water partition coefficient (Wildman–Crippen LogP) is 3.22. The van der Waals surface area contributed by atoms with Gasteiger partial charge in [0.25, 0.3) is 0 Å². The second-order valence-corrected chi connectivity index (χ2v) is 10.6. The molecule has 0 atom stereocenters. The van der Waals surface area contributed by atoms with E-state index in [1.807, 2.05) is 19.1 Å². The largest absolute Gasteiger partial charge is 0.344 e. The monoisotopic (exact) mass is 188 g/mol. The Kier molecular flexibility index (Phi) is 4.17. The fraction of sp³-hybridized carbons (Fsp3) is 0.500. The lowest BCUT2D eigenvalue weighted by Gasteiger charge is -2.00. The van der Waals surface area contributed by atoms with Crippen LogP contribution in [0.1, 0.15) is 6.92 Å². The Bertz CT molecular complexity index is 83.8. The van der Waals surface area contributed by atoms with Gasteiger partial charge in [-0.2, -0.15) is 0 Å². The average Bonchev–Trinajstić information content (AvgIpc) is 1.59. The summed E-state index contributed by atoms with van der Waals surface area (Å²) in [5.41, 5.74) is 0. The number of hydrogen-bond donors (Lipinski definition) is 0. The second-order valence-electron chi connectivity index (χ2n) is 1.39. The molecule has 0 spiro atoms. The van der Waals surface area contributed by atoms with Crippen LogP contribution in [0.2, 0.25) is 6.04 Å². The van der Waals surface area contributed by atoms with E-state index in [-0.39, 0.29) is 0 Å². The third-order valence-corrected chi connectivity index (χ3v) is 2.67. The molecule has 0 aromatic heterocycles. The smallest absolute Gasteiger partial charge is 0.126 e. The van der Waals surface area contributed by atoms with Crippen LogP contribution in [0.4, 0.5) is 0 Å². The van der Waals surface area contributed by atoms with Crippen LogP contribution in [0.15, 0.2) is 12.2 Å². The van der Waals surface area contributed by atoms with Crippen molar-refractivity contribution in [3.8, 4) is 0 Å². The topological polar surface area (TPSA) is 0 Å². The first-order valence-corrected chi connectivity index (χ1v) is 7.48. The quantitative estimate of drug-likeness (QED) is 0.356. The molecule has 0 bridgehead atoms. The molecule has 0 aliphatic heterocycles. The molecular formula is C4H7Cl3Si. The van der Waals surface area contributed by atoms with Crippen LogP contribution in [0.5, 0.6) is 0 Å². The van der Waals surface area contributed by atoms with Crippen molar-refractivity contribution < 1.29 is 0 Å². The molecule has 0 rings (SSSR count). The first kappa shape index (κ1) is 8.83. The summed E-state index contributed by atoms with van der Waals surface area (Å²) in [7, 11) is 0. The summed E-state index contributed by atoms with van der Waals surface area (Å²) < 4.78 is 0. The summed E-state index contributed by atoms with van der Waals surface area (Å²) in [6.45, 7) is 1.91. The van der Waals surface area contributed by atoms with E-state index in [0.717, 1.165) is 0 Å². The van der Waals surface area contributed by atoms with Crippen molar-refractivity contribution in [2.75, 3.05) is 0 Å². The zero-order valence-electron chi connectivity index (χ0n) is 4.50. The Balaban J connectivity index is 3.39. The van der Waals surface area contributed by atoms with Gasteiger partial charge in [-0.25, -0.2) is 0 Å². The van der Waals surface area contributed by atoms with Crippen molar-refractivity contribution in [1.82, 2.24) is 0 Å². The van der Waals surface area contributed by atoms with Crippen molar-refractivity contribution in [2.24, 2.45) is 0 Å². The highest BCUT2D eigenvalue weighted by Crippen LogP contribution is 2.24. The van der Waals surface area contributed by atoms with Crippen LogP contribution < -0.4 is 0 Å². The van der Waals surface area contributed by atoms with E-state index in [1.165, 1.54) is 0 Å². The number of hydrogen-bond acceptors (Lipinski definition) is 0. The van der Waals surface area contributed by atoms with Gasteiger partial charge in [-0.05, 0) is 6.92 Å². The zero-order valence-corrected chi connectivity index (χ0v) is 7.76. The first-order valence-electron chi connectivity index (χ1n) is 2.24. The molecule has 0 unspecified atom stereocenters. The fourth-order valence-electron chi connectivity index (χ4n) is 0.251. The molecule has 0 aliphatic rings. The molecule has 0 N–H and O–H groups in total. The summed E-state index contributed by atoms with van der Waals surface area (Å²) in [5.74, 6) is 0. The van der Waals surface area contributed by atoms with E-state index in [0.29, 0.717) is 6.04 Å². The Morgan fingerprint density at radius 3 is 2.00 bits per heavy atom. The highest BCUT2D eigenvalue weighted by molar-refractivity contribution is 7.64. The van der Waals surface area contributed by atoms with Gasteiger partial charge >= 0.3 is 6.00 Å². The lowest BCUT2D eigenvalue weighted by molar-refractivity contribution is 1.61. The molecule has 0 aromatic carbocycles. The molecule has 0 nitrogen and oxygen atoms in total. The van der Waals surface area contributed by atoms with E-state index in [1.54, 1.807) is 0 Å². The Labute approximate surface area is 64.6 Å². The minimum atomic E-state index is -2.35. The summed E-state index contributed by atoms with van der Waals surface area (Å²) in [4.78, 5) is 0. The number of allylic oxidation sites excluding steroid dienone is 2. The van der Waals surface area contributed by atoms with E-state index in [9.17, 15) is 0 Å². The molecular weight excluding hydrogens is 182 g/mol. The zero-order chi connectivity index (χ0) is 6.62. The van der Waals surface area contributed by atoms with Crippen molar-refractivity contribution in [3.63, 3.8) is 0 Å². The molecule has 0 aliphatic carbocycles. The van der Waals surface area contributed by atoms with E-state index in [4.69, 9.17) is 33.2 Å². The summed E-state index contributed by atoms with van der Waals surface area (Å²) >= 11 is 16.6. The fourth-order valence-corrected chi connectivity index (χ4v) is 1.56. The van der Waals surface area contributed by atoms with Crippen LogP contribution >= 0.6 is 33.2 Å². The predicted molar refractivity (Wildman–Crippen MR) is 42.9 cm³/mol. The molecule has 4 heteroatoms. The molecule has 8 heavy (non-hydrogen) atoms. The third-order valence-electron chi connectivity index (χ3n) is 0.585. The number of halogens is 3. The Morgan fingerprint density at radius 1 is 1.38 bits per heavy atom. The van der Waals surface area contributed by atoms with Gasteiger partial charge in [0.15, 0.2) is 0 Å². The molecule has 0 saturated heterocycles. The lowest BCUT2D eigenvalue weighted by atomic mass is 10.6. The van der Waals surface area contributed by atoms with Crippen molar-refractivity contribution in [2.45, 2.75) is 13.0 Å². The van der Waals surface area contributed by atoms with Crippen LogP contribution in [-0.2, 0) is 0 Å². The lowest BCUT2D eigenvalue weighted by Crippen LogP contribution is -2.05. The molecule has 0 saturated carbocycles. The highest BCUT2D eigenvalue weighted by Gasteiger charge is 2.21. The van der Waals surface area contributed by atoms with Gasteiger partial charge in [0.05, 0.1) is 0 Å². The minimum absolute atomic E-state index is 0.619. The van der Waals surface area contributed by atoms with Gasteiger partial charge in [-0.1, -0.05) is 12.2 Å². The molecule has 0 radical (unpaired) electrons. The van der Waals surface area contributed by atoms with Crippen LogP contribution in [0.3, 0.4) is 0 Å².